The minimum Gasteiger partial charge on any atom is -0.389 e. The van der Waals surface area contributed by atoms with E-state index in [-0.39, 0.29) is 5.92 Å². The number of benzene rings is 2. The van der Waals surface area contributed by atoms with Gasteiger partial charge in [-0.05, 0) is 69.2 Å². The second-order valence-electron chi connectivity index (χ2n) is 9.28. The molecule has 1 unspecified atom stereocenters. The zero-order chi connectivity index (χ0) is 19.6. The van der Waals surface area contributed by atoms with E-state index in [1.807, 2.05) is 0 Å². The lowest BCUT2D eigenvalue weighted by molar-refractivity contribution is -0.0331. The van der Waals surface area contributed by atoms with Gasteiger partial charge in [0.25, 0.3) is 0 Å². The molecule has 1 atom stereocenters. The molecular weight excluding hydrogens is 344 g/mol. The molecule has 0 aromatic heterocycles. The van der Waals surface area contributed by atoms with Gasteiger partial charge in [0, 0.05) is 18.5 Å². The molecule has 0 radical (unpaired) electrons. The van der Waals surface area contributed by atoms with E-state index in [4.69, 9.17) is 0 Å². The average Bonchev–Trinajstić information content (AvgIpc) is 2.72. The Morgan fingerprint density at radius 2 is 1.68 bits per heavy atom. The molecule has 0 spiro atoms. The van der Waals surface area contributed by atoms with E-state index in [2.05, 4.69) is 66.4 Å². The maximum absolute atomic E-state index is 11.8. The van der Waals surface area contributed by atoms with E-state index < -0.39 is 5.60 Å². The van der Waals surface area contributed by atoms with Crippen molar-refractivity contribution in [2.45, 2.75) is 62.5 Å². The van der Waals surface area contributed by atoms with Crippen molar-refractivity contribution < 1.29 is 5.11 Å². The minimum absolute atomic E-state index is 0.190. The second kappa shape index (κ2) is 8.52. The van der Waals surface area contributed by atoms with Crippen molar-refractivity contribution in [2.24, 2.45) is 0 Å². The summed E-state index contributed by atoms with van der Waals surface area (Å²) in [6.07, 6.45) is 7.91. The van der Waals surface area contributed by atoms with Gasteiger partial charge in [-0.1, -0.05) is 61.7 Å². The Morgan fingerprint density at radius 1 is 1.00 bits per heavy atom. The molecule has 2 fully saturated rings. The van der Waals surface area contributed by atoms with Crippen LogP contribution in [-0.2, 0) is 0 Å². The number of hydrogen-bond acceptors (Lipinski definition) is 3. The summed E-state index contributed by atoms with van der Waals surface area (Å²) in [6, 6.07) is 16.0. The highest BCUT2D eigenvalue weighted by Crippen LogP contribution is 2.42. The number of piperidine rings is 1. The number of aliphatic hydroxyl groups is 1. The highest BCUT2D eigenvalue weighted by atomic mass is 16.3. The van der Waals surface area contributed by atoms with Crippen molar-refractivity contribution in [1.29, 1.82) is 0 Å². The smallest absolute Gasteiger partial charge is 0.0728 e. The Bertz CT molecular complexity index is 768. The SMILES string of the molecule is CN(C)C1CCN(CC(c2cccc3ccccc23)C2(O)CCCCC2)CC1. The van der Waals surface area contributed by atoms with Crippen LogP contribution in [0.15, 0.2) is 42.5 Å². The van der Waals surface area contributed by atoms with E-state index in [1.54, 1.807) is 0 Å². The van der Waals surface area contributed by atoms with E-state index >= 15 is 0 Å². The predicted molar refractivity (Wildman–Crippen MR) is 118 cm³/mol. The van der Waals surface area contributed by atoms with Crippen LogP contribution in [0.4, 0.5) is 0 Å². The van der Waals surface area contributed by atoms with Crippen LogP contribution in [-0.4, -0.2) is 60.3 Å². The van der Waals surface area contributed by atoms with Gasteiger partial charge in [0.1, 0.15) is 0 Å². The number of hydrogen-bond donors (Lipinski definition) is 1. The van der Waals surface area contributed by atoms with E-state index in [0.717, 1.165) is 45.3 Å². The fourth-order valence-corrected chi connectivity index (χ4v) is 5.50. The van der Waals surface area contributed by atoms with Crippen LogP contribution in [0.25, 0.3) is 10.8 Å². The Morgan fingerprint density at radius 3 is 2.39 bits per heavy atom. The molecule has 2 aromatic carbocycles. The van der Waals surface area contributed by atoms with E-state index in [9.17, 15) is 5.11 Å². The van der Waals surface area contributed by atoms with Crippen LogP contribution >= 0.6 is 0 Å². The Labute approximate surface area is 170 Å². The molecule has 4 rings (SSSR count). The molecule has 1 saturated heterocycles. The van der Waals surface area contributed by atoms with Crippen molar-refractivity contribution in [3.8, 4) is 0 Å². The maximum Gasteiger partial charge on any atom is 0.0728 e. The molecule has 2 aromatic rings. The summed E-state index contributed by atoms with van der Waals surface area (Å²) < 4.78 is 0. The average molecular weight is 381 g/mol. The third-order valence-corrected chi connectivity index (χ3v) is 7.29. The van der Waals surface area contributed by atoms with E-state index in [0.29, 0.717) is 6.04 Å². The second-order valence-corrected chi connectivity index (χ2v) is 9.28. The molecule has 152 valence electrons. The Hall–Kier alpha value is -1.42. The first-order chi connectivity index (χ1) is 13.6. The van der Waals surface area contributed by atoms with Crippen LogP contribution in [0.1, 0.15) is 56.4 Å². The molecule has 28 heavy (non-hydrogen) atoms. The number of likely N-dealkylation sites (tertiary alicyclic amines) is 1. The standard InChI is InChI=1S/C25H36N2O/c1-26(2)21-13-17-27(18-14-21)19-24(25(28)15-6-3-7-16-25)23-12-8-10-20-9-4-5-11-22(20)23/h4-5,8-12,21,24,28H,3,6-7,13-19H2,1-2H3. The molecule has 1 aliphatic heterocycles. The van der Waals surface area contributed by atoms with Gasteiger partial charge in [-0.15, -0.1) is 0 Å². The Kier molecular flexibility index (Phi) is 6.05. The number of nitrogens with zero attached hydrogens (tertiary/aromatic N) is 2. The monoisotopic (exact) mass is 380 g/mol. The third kappa shape index (κ3) is 4.12. The molecule has 1 aliphatic carbocycles. The lowest BCUT2D eigenvalue weighted by Crippen LogP contribution is -2.48. The van der Waals surface area contributed by atoms with Crippen molar-refractivity contribution in [3.05, 3.63) is 48.0 Å². The lowest BCUT2D eigenvalue weighted by Gasteiger charge is -2.44. The lowest BCUT2D eigenvalue weighted by atomic mass is 9.71. The summed E-state index contributed by atoms with van der Waals surface area (Å²) in [5.74, 6) is 0.190. The predicted octanol–water partition coefficient (Wildman–Crippen LogP) is 4.64. The first kappa shape index (κ1) is 19.9. The molecular formula is C25H36N2O. The highest BCUT2D eigenvalue weighted by Gasteiger charge is 2.40. The first-order valence-corrected chi connectivity index (χ1v) is 11.2. The van der Waals surface area contributed by atoms with Gasteiger partial charge in [-0.25, -0.2) is 0 Å². The maximum atomic E-state index is 11.8. The highest BCUT2D eigenvalue weighted by molar-refractivity contribution is 5.86. The van der Waals surface area contributed by atoms with Crippen molar-refractivity contribution >= 4 is 10.8 Å². The zero-order valence-electron chi connectivity index (χ0n) is 17.6. The van der Waals surface area contributed by atoms with Crippen LogP contribution < -0.4 is 0 Å². The molecule has 1 N–H and O–H groups in total. The molecule has 3 heteroatoms. The number of rotatable bonds is 5. The molecule has 1 heterocycles. The van der Waals surface area contributed by atoms with Gasteiger partial charge in [0.05, 0.1) is 5.60 Å². The molecule has 0 bridgehead atoms. The summed E-state index contributed by atoms with van der Waals surface area (Å²) in [7, 11) is 4.40. The van der Waals surface area contributed by atoms with Crippen molar-refractivity contribution in [2.75, 3.05) is 33.7 Å². The summed E-state index contributed by atoms with van der Waals surface area (Å²) in [4.78, 5) is 4.98. The van der Waals surface area contributed by atoms with Gasteiger partial charge in [-0.3, -0.25) is 0 Å². The molecule has 1 saturated carbocycles. The molecule has 3 nitrogen and oxygen atoms in total. The van der Waals surface area contributed by atoms with Crippen LogP contribution in [0.2, 0.25) is 0 Å². The Balaban J connectivity index is 1.63. The van der Waals surface area contributed by atoms with Gasteiger partial charge >= 0.3 is 0 Å². The minimum atomic E-state index is -0.569. The van der Waals surface area contributed by atoms with Crippen molar-refractivity contribution in [1.82, 2.24) is 9.80 Å². The van der Waals surface area contributed by atoms with Crippen LogP contribution in [0.3, 0.4) is 0 Å². The normalized spacial score (nSPS) is 22.6. The summed E-state index contributed by atoms with van der Waals surface area (Å²) >= 11 is 0. The fraction of sp³-hybridized carbons (Fsp3) is 0.600. The quantitative estimate of drug-likeness (QED) is 0.818. The summed E-state index contributed by atoms with van der Waals surface area (Å²) in [6.45, 7) is 3.26. The topological polar surface area (TPSA) is 26.7 Å². The largest absolute Gasteiger partial charge is 0.389 e. The third-order valence-electron chi connectivity index (χ3n) is 7.29. The van der Waals surface area contributed by atoms with Gasteiger partial charge in [-0.2, -0.15) is 0 Å². The molecule has 0 amide bonds. The van der Waals surface area contributed by atoms with Gasteiger partial charge in [0.2, 0.25) is 0 Å². The van der Waals surface area contributed by atoms with Crippen molar-refractivity contribution in [3.63, 3.8) is 0 Å². The van der Waals surface area contributed by atoms with E-state index in [1.165, 1.54) is 35.6 Å². The number of fused-ring (bicyclic) bond motifs is 1. The van der Waals surface area contributed by atoms with Gasteiger partial charge in [0.15, 0.2) is 0 Å². The zero-order valence-corrected chi connectivity index (χ0v) is 17.6. The summed E-state index contributed by atoms with van der Waals surface area (Å²) in [5, 5.41) is 14.4. The molecule has 2 aliphatic rings. The van der Waals surface area contributed by atoms with Crippen LogP contribution in [0, 0.1) is 0 Å². The fourth-order valence-electron chi connectivity index (χ4n) is 5.50. The van der Waals surface area contributed by atoms with Crippen LogP contribution in [0.5, 0.6) is 0 Å². The summed E-state index contributed by atoms with van der Waals surface area (Å²) in [5.41, 5.74) is 0.776. The van der Waals surface area contributed by atoms with Gasteiger partial charge < -0.3 is 14.9 Å². The first-order valence-electron chi connectivity index (χ1n) is 11.2.